The molecular weight excluding hydrogens is 223 g/mol. The van der Waals surface area contributed by atoms with Gasteiger partial charge >= 0.3 is 0 Å². The van der Waals surface area contributed by atoms with E-state index in [1.165, 1.54) is 3.58 Å². The lowest BCUT2D eigenvalue weighted by atomic mass is 9.96. The number of rotatable bonds is 1. The van der Waals surface area contributed by atoms with Gasteiger partial charge in [-0.2, -0.15) is 0 Å². The zero-order valence-corrected chi connectivity index (χ0v) is 8.40. The average molecular weight is 236 g/mol. The number of hydrogen-bond acceptors (Lipinski definition) is 0. The second-order valence-electron chi connectivity index (χ2n) is 3.10. The van der Waals surface area contributed by atoms with Gasteiger partial charge in [0.1, 0.15) is 0 Å². The van der Waals surface area contributed by atoms with Crippen LogP contribution in [0.2, 0.25) is 0 Å². The molecule has 0 aliphatic rings. The van der Waals surface area contributed by atoms with Crippen molar-refractivity contribution < 1.29 is 0 Å². The van der Waals surface area contributed by atoms with Crippen LogP contribution in [0.1, 0.15) is 20.8 Å². The van der Waals surface area contributed by atoms with E-state index >= 15 is 0 Å². The fourth-order valence-corrected chi connectivity index (χ4v) is 1.41. The van der Waals surface area contributed by atoms with Crippen molar-refractivity contribution >= 4 is 22.6 Å². The van der Waals surface area contributed by atoms with Crippen LogP contribution in [0.25, 0.3) is 0 Å². The van der Waals surface area contributed by atoms with Crippen molar-refractivity contribution in [1.82, 2.24) is 0 Å². The van der Waals surface area contributed by atoms with Gasteiger partial charge < -0.3 is 0 Å². The molecule has 0 heterocycles. The molecule has 0 radical (unpaired) electrons. The van der Waals surface area contributed by atoms with Crippen molar-refractivity contribution in [3.63, 3.8) is 0 Å². The summed E-state index contributed by atoms with van der Waals surface area (Å²) in [6, 6.07) is 0. The Morgan fingerprint density at radius 1 is 1.44 bits per heavy atom. The molecule has 9 heavy (non-hydrogen) atoms. The molecule has 0 aromatic carbocycles. The number of hydrogen-bond donors (Lipinski definition) is 0. The van der Waals surface area contributed by atoms with Crippen LogP contribution in [0.4, 0.5) is 0 Å². The second kappa shape index (κ2) is 3.40. The molecule has 0 fully saturated rings. The normalized spacial score (nSPS) is 13.6. The lowest BCUT2D eigenvalue weighted by Gasteiger charge is -2.11. The van der Waals surface area contributed by atoms with Gasteiger partial charge in [-0.3, -0.25) is 0 Å². The maximum Gasteiger partial charge on any atom is 0.00893 e. The third-order valence-electron chi connectivity index (χ3n) is 0.766. The van der Waals surface area contributed by atoms with E-state index in [2.05, 4.69) is 56.0 Å². The van der Waals surface area contributed by atoms with Gasteiger partial charge in [-0.15, -0.1) is 0 Å². The summed E-state index contributed by atoms with van der Waals surface area (Å²) in [4.78, 5) is 0. The highest BCUT2D eigenvalue weighted by Crippen LogP contribution is 2.20. The van der Waals surface area contributed by atoms with Crippen LogP contribution in [0.3, 0.4) is 0 Å². The van der Waals surface area contributed by atoms with Crippen LogP contribution in [-0.2, 0) is 0 Å². The molecule has 0 saturated carbocycles. The Balaban J connectivity index is 4.11. The first-order valence-corrected chi connectivity index (χ1v) is 4.04. The minimum atomic E-state index is 0.282. The van der Waals surface area contributed by atoms with E-state index in [-0.39, 0.29) is 5.41 Å². The fraction of sp³-hybridized carbons (Fsp3) is 0.500. The predicted octanol–water partition coefficient (Wildman–Crippen LogP) is 3.54. The molecule has 0 aromatic rings. The molecule has 0 spiro atoms. The van der Waals surface area contributed by atoms with Crippen molar-refractivity contribution in [3.05, 3.63) is 22.3 Å². The van der Waals surface area contributed by atoms with Gasteiger partial charge in [0.2, 0.25) is 0 Å². The van der Waals surface area contributed by atoms with Gasteiger partial charge in [-0.1, -0.05) is 39.5 Å². The summed E-state index contributed by atoms with van der Waals surface area (Å²) in [5.41, 5.74) is 0.282. The van der Waals surface area contributed by atoms with Gasteiger partial charge in [0.25, 0.3) is 0 Å². The smallest absolute Gasteiger partial charge is 0.00893 e. The van der Waals surface area contributed by atoms with Crippen molar-refractivity contribution in [2.24, 2.45) is 5.41 Å². The molecular formula is C8H13I. The molecule has 0 nitrogen and oxygen atoms in total. The predicted molar refractivity (Wildman–Crippen MR) is 51.8 cm³/mol. The topological polar surface area (TPSA) is 0 Å². The van der Waals surface area contributed by atoms with Gasteiger partial charge in [0.05, 0.1) is 0 Å². The largest absolute Gasteiger partial charge is 0.0980 e. The monoisotopic (exact) mass is 236 g/mol. The highest BCUT2D eigenvalue weighted by atomic mass is 127. The molecule has 0 bridgehead atoms. The van der Waals surface area contributed by atoms with Gasteiger partial charge in [0, 0.05) is 3.58 Å². The van der Waals surface area contributed by atoms with Crippen LogP contribution in [0, 0.1) is 5.41 Å². The van der Waals surface area contributed by atoms with E-state index in [0.717, 1.165) is 0 Å². The van der Waals surface area contributed by atoms with E-state index < -0.39 is 0 Å². The molecule has 0 unspecified atom stereocenters. The molecule has 0 aromatic heterocycles. The summed E-state index contributed by atoms with van der Waals surface area (Å²) < 4.78 is 1.22. The molecule has 0 saturated heterocycles. The van der Waals surface area contributed by atoms with E-state index in [1.807, 2.05) is 6.08 Å². The van der Waals surface area contributed by atoms with Gasteiger partial charge in [-0.05, 0) is 28.0 Å². The maximum atomic E-state index is 3.67. The summed E-state index contributed by atoms with van der Waals surface area (Å²) in [5.74, 6) is 0. The molecule has 0 atom stereocenters. The van der Waals surface area contributed by atoms with Gasteiger partial charge in [-0.25, -0.2) is 0 Å². The van der Waals surface area contributed by atoms with Gasteiger partial charge in [0.15, 0.2) is 0 Å². The van der Waals surface area contributed by atoms with Crippen LogP contribution in [0.15, 0.2) is 22.3 Å². The Labute approximate surface area is 71.2 Å². The Morgan fingerprint density at radius 2 is 1.89 bits per heavy atom. The second-order valence-corrected chi connectivity index (χ2v) is 4.35. The number of allylic oxidation sites excluding steroid dienone is 3. The third kappa shape index (κ3) is 6.09. The van der Waals surface area contributed by atoms with Crippen LogP contribution >= 0.6 is 22.6 Å². The minimum Gasteiger partial charge on any atom is -0.0980 e. The first kappa shape index (κ1) is 9.21. The van der Waals surface area contributed by atoms with Crippen LogP contribution in [0.5, 0.6) is 0 Å². The fourth-order valence-electron chi connectivity index (χ4n) is 0.473. The molecule has 0 amide bonds. The zero-order chi connectivity index (χ0) is 7.49. The maximum absolute atomic E-state index is 3.67. The lowest BCUT2D eigenvalue weighted by molar-refractivity contribution is 0.544. The quantitative estimate of drug-likeness (QED) is 0.482. The van der Waals surface area contributed by atoms with Crippen molar-refractivity contribution in [3.8, 4) is 0 Å². The minimum absolute atomic E-state index is 0.282. The van der Waals surface area contributed by atoms with Crippen molar-refractivity contribution in [1.29, 1.82) is 0 Å². The highest BCUT2D eigenvalue weighted by molar-refractivity contribution is 14.1. The van der Waals surface area contributed by atoms with Crippen LogP contribution in [-0.4, -0.2) is 0 Å². The molecule has 1 heteroatoms. The van der Waals surface area contributed by atoms with Crippen LogP contribution < -0.4 is 0 Å². The molecule has 0 rings (SSSR count). The zero-order valence-electron chi connectivity index (χ0n) is 6.24. The first-order chi connectivity index (χ1) is 3.95. The first-order valence-electron chi connectivity index (χ1n) is 2.96. The standard InChI is InChI=1S/C8H13I/c1-5-7(9)6-8(2,3)4/h5-6H,1H2,2-4H3. The Kier molecular flexibility index (Phi) is 3.48. The SMILES string of the molecule is C=CC(I)=CC(C)(C)C. The number of halogens is 1. The third-order valence-corrected chi connectivity index (χ3v) is 1.52. The summed E-state index contributed by atoms with van der Waals surface area (Å²) in [5, 5.41) is 0. The molecule has 0 aliphatic carbocycles. The highest BCUT2D eigenvalue weighted by Gasteiger charge is 2.04. The Bertz CT molecular complexity index is 126. The summed E-state index contributed by atoms with van der Waals surface area (Å²) in [6.45, 7) is 10.2. The molecule has 52 valence electrons. The molecule has 0 N–H and O–H groups in total. The van der Waals surface area contributed by atoms with Crippen molar-refractivity contribution in [2.75, 3.05) is 0 Å². The van der Waals surface area contributed by atoms with E-state index in [9.17, 15) is 0 Å². The Hall–Kier alpha value is 0.210. The summed E-state index contributed by atoms with van der Waals surface area (Å²) >= 11 is 2.27. The molecule has 0 aliphatic heterocycles. The van der Waals surface area contributed by atoms with Crippen molar-refractivity contribution in [2.45, 2.75) is 20.8 Å². The van der Waals surface area contributed by atoms with E-state index in [1.54, 1.807) is 0 Å². The summed E-state index contributed by atoms with van der Waals surface area (Å²) in [6.07, 6.45) is 4.06. The average Bonchev–Trinajstić information content (AvgIpc) is 1.62. The Morgan fingerprint density at radius 3 is 2.00 bits per heavy atom. The lowest BCUT2D eigenvalue weighted by Crippen LogP contribution is -1.98. The summed E-state index contributed by atoms with van der Waals surface area (Å²) in [7, 11) is 0. The van der Waals surface area contributed by atoms with E-state index in [0.29, 0.717) is 0 Å². The van der Waals surface area contributed by atoms with E-state index in [4.69, 9.17) is 0 Å².